The van der Waals surface area contributed by atoms with Crippen molar-refractivity contribution in [3.63, 3.8) is 0 Å². The number of halogens is 2. The van der Waals surface area contributed by atoms with Crippen molar-refractivity contribution in [3.8, 4) is 0 Å². The highest BCUT2D eigenvalue weighted by molar-refractivity contribution is 7.18. The number of hydrogen-bond donors (Lipinski definition) is 1. The molecule has 1 aromatic carbocycles. The van der Waals surface area contributed by atoms with Gasteiger partial charge in [-0.05, 0) is 38.5 Å². The number of ether oxygens (including phenoxy) is 1. The standard InChI is InChI=1S/C19H20Cl2N2O4S/c1-5-23(6-2)18(25)15-10(3)13(19(26)27-4)17(28-15)22-16(24)14-11(20)8-7-9-12(14)21/h7-9H,5-6H2,1-4H3,(H,22,24). The number of rotatable bonds is 6. The van der Waals surface area contributed by atoms with Crippen molar-refractivity contribution in [1.82, 2.24) is 4.90 Å². The van der Waals surface area contributed by atoms with Crippen molar-refractivity contribution in [2.75, 3.05) is 25.5 Å². The van der Waals surface area contributed by atoms with Gasteiger partial charge in [0, 0.05) is 13.1 Å². The van der Waals surface area contributed by atoms with Crippen LogP contribution in [0.4, 0.5) is 5.00 Å². The molecule has 0 spiro atoms. The summed E-state index contributed by atoms with van der Waals surface area (Å²) in [6.45, 7) is 6.44. The molecule has 2 rings (SSSR count). The van der Waals surface area contributed by atoms with Crippen molar-refractivity contribution in [1.29, 1.82) is 0 Å². The largest absolute Gasteiger partial charge is 0.465 e. The predicted octanol–water partition coefficient (Wildman–Crippen LogP) is 4.88. The van der Waals surface area contributed by atoms with Gasteiger partial charge in [-0.3, -0.25) is 9.59 Å². The van der Waals surface area contributed by atoms with Crippen molar-refractivity contribution in [2.24, 2.45) is 0 Å². The minimum Gasteiger partial charge on any atom is -0.465 e. The van der Waals surface area contributed by atoms with Crippen molar-refractivity contribution in [3.05, 3.63) is 49.8 Å². The lowest BCUT2D eigenvalue weighted by Crippen LogP contribution is -2.30. The summed E-state index contributed by atoms with van der Waals surface area (Å²) in [6, 6.07) is 4.70. The summed E-state index contributed by atoms with van der Waals surface area (Å²) < 4.78 is 4.84. The third-order valence-electron chi connectivity index (χ3n) is 4.20. The number of amides is 2. The molecule has 2 aromatic rings. The molecular formula is C19H20Cl2N2O4S. The van der Waals surface area contributed by atoms with Gasteiger partial charge in [0.05, 0.1) is 33.2 Å². The van der Waals surface area contributed by atoms with Crippen LogP contribution in [0.15, 0.2) is 18.2 Å². The minimum absolute atomic E-state index is 0.0873. The molecule has 6 nitrogen and oxygen atoms in total. The van der Waals surface area contributed by atoms with Crippen LogP contribution in [0.2, 0.25) is 10.0 Å². The second-order valence-electron chi connectivity index (χ2n) is 5.78. The summed E-state index contributed by atoms with van der Waals surface area (Å²) in [5, 5.41) is 3.22. The molecule has 0 aliphatic rings. The Kier molecular flexibility index (Phi) is 7.46. The lowest BCUT2D eigenvalue weighted by molar-refractivity contribution is 0.0601. The molecule has 0 aliphatic carbocycles. The Balaban J connectivity index is 2.51. The number of carbonyl (C=O) groups excluding carboxylic acids is 3. The number of nitrogens with one attached hydrogen (secondary N) is 1. The van der Waals surface area contributed by atoms with E-state index in [1.165, 1.54) is 7.11 Å². The van der Waals surface area contributed by atoms with Crippen LogP contribution in [0.25, 0.3) is 0 Å². The Morgan fingerprint density at radius 2 is 1.68 bits per heavy atom. The van der Waals surface area contributed by atoms with Crippen LogP contribution in [-0.2, 0) is 4.74 Å². The van der Waals surface area contributed by atoms with Crippen molar-refractivity contribution >= 4 is 57.3 Å². The minimum atomic E-state index is -0.645. The zero-order valence-electron chi connectivity index (χ0n) is 15.9. The van der Waals surface area contributed by atoms with E-state index in [-0.39, 0.29) is 32.1 Å². The molecule has 28 heavy (non-hydrogen) atoms. The van der Waals surface area contributed by atoms with Crippen molar-refractivity contribution < 1.29 is 19.1 Å². The van der Waals surface area contributed by atoms with E-state index in [2.05, 4.69) is 5.32 Å². The fourth-order valence-corrected chi connectivity index (χ4v) is 4.42. The summed E-state index contributed by atoms with van der Waals surface area (Å²) in [5.41, 5.74) is 0.679. The van der Waals surface area contributed by atoms with E-state index in [4.69, 9.17) is 27.9 Å². The topological polar surface area (TPSA) is 75.7 Å². The van der Waals surface area contributed by atoms with Gasteiger partial charge in [-0.25, -0.2) is 4.79 Å². The van der Waals surface area contributed by atoms with Gasteiger partial charge in [0.15, 0.2) is 0 Å². The van der Waals surface area contributed by atoms with Crippen LogP contribution < -0.4 is 5.32 Å². The van der Waals surface area contributed by atoms with E-state index in [1.807, 2.05) is 13.8 Å². The van der Waals surface area contributed by atoms with E-state index in [0.717, 1.165) is 11.3 Å². The van der Waals surface area contributed by atoms with E-state index < -0.39 is 11.9 Å². The summed E-state index contributed by atoms with van der Waals surface area (Å²) in [4.78, 5) is 39.8. The van der Waals surface area contributed by atoms with Gasteiger partial charge in [0.1, 0.15) is 5.00 Å². The molecule has 9 heteroatoms. The number of methoxy groups -OCH3 is 1. The van der Waals surface area contributed by atoms with Crippen molar-refractivity contribution in [2.45, 2.75) is 20.8 Å². The molecule has 0 radical (unpaired) electrons. The smallest absolute Gasteiger partial charge is 0.341 e. The number of thiophene rings is 1. The summed E-state index contributed by atoms with van der Waals surface area (Å²) >= 11 is 13.2. The average Bonchev–Trinajstić information content (AvgIpc) is 2.97. The summed E-state index contributed by atoms with van der Waals surface area (Å²) in [7, 11) is 1.24. The highest BCUT2D eigenvalue weighted by Gasteiger charge is 2.28. The molecule has 0 unspecified atom stereocenters. The molecule has 1 N–H and O–H groups in total. The number of hydrogen-bond acceptors (Lipinski definition) is 5. The lowest BCUT2D eigenvalue weighted by atomic mass is 10.1. The molecule has 0 atom stereocenters. The average molecular weight is 443 g/mol. The maximum atomic E-state index is 12.8. The zero-order valence-corrected chi connectivity index (χ0v) is 18.2. The molecule has 0 saturated heterocycles. The molecule has 0 aliphatic heterocycles. The molecule has 1 aromatic heterocycles. The normalized spacial score (nSPS) is 10.5. The highest BCUT2D eigenvalue weighted by atomic mass is 35.5. The Hall–Kier alpha value is -2.09. The van der Waals surface area contributed by atoms with Gasteiger partial charge in [0.25, 0.3) is 11.8 Å². The molecule has 1 heterocycles. The number of anilines is 1. The number of nitrogens with zero attached hydrogens (tertiary/aromatic N) is 1. The second-order valence-corrected chi connectivity index (χ2v) is 7.62. The molecule has 0 saturated carbocycles. The van der Waals surface area contributed by atoms with Crippen LogP contribution in [-0.4, -0.2) is 42.9 Å². The van der Waals surface area contributed by atoms with Gasteiger partial charge in [-0.2, -0.15) is 0 Å². The third-order valence-corrected chi connectivity index (χ3v) is 6.02. The third kappa shape index (κ3) is 4.32. The van der Waals surface area contributed by atoms with Gasteiger partial charge >= 0.3 is 5.97 Å². The first kappa shape index (κ1) is 22.2. The van der Waals surface area contributed by atoms with Crippen LogP contribution in [0.3, 0.4) is 0 Å². The van der Waals surface area contributed by atoms with Gasteiger partial charge < -0.3 is 15.0 Å². The van der Waals surface area contributed by atoms with Gasteiger partial charge in [-0.15, -0.1) is 11.3 Å². The maximum absolute atomic E-state index is 12.8. The second kappa shape index (κ2) is 9.41. The fraction of sp³-hybridized carbons (Fsp3) is 0.316. The Labute approximate surface area is 177 Å². The Bertz CT molecular complexity index is 903. The van der Waals surface area contributed by atoms with Gasteiger partial charge in [-0.1, -0.05) is 29.3 Å². The SMILES string of the molecule is CCN(CC)C(=O)c1sc(NC(=O)c2c(Cl)cccc2Cl)c(C(=O)OC)c1C. The van der Waals surface area contributed by atoms with Crippen LogP contribution in [0.1, 0.15) is 49.8 Å². The number of carbonyl (C=O) groups is 3. The first-order valence-corrected chi connectivity index (χ1v) is 10.1. The first-order chi connectivity index (χ1) is 13.3. The van der Waals surface area contributed by atoms with Crippen LogP contribution >= 0.6 is 34.5 Å². The van der Waals surface area contributed by atoms with Gasteiger partial charge in [0.2, 0.25) is 0 Å². The first-order valence-electron chi connectivity index (χ1n) is 8.53. The van der Waals surface area contributed by atoms with E-state index in [1.54, 1.807) is 30.0 Å². The Morgan fingerprint density at radius 3 is 2.18 bits per heavy atom. The molecule has 150 valence electrons. The summed E-state index contributed by atoms with van der Waals surface area (Å²) in [6.07, 6.45) is 0. The zero-order chi connectivity index (χ0) is 21.0. The fourth-order valence-electron chi connectivity index (χ4n) is 2.69. The predicted molar refractivity (Wildman–Crippen MR) is 112 cm³/mol. The number of benzene rings is 1. The maximum Gasteiger partial charge on any atom is 0.341 e. The lowest BCUT2D eigenvalue weighted by Gasteiger charge is -2.17. The van der Waals surface area contributed by atoms with E-state index >= 15 is 0 Å². The molecule has 2 amide bonds. The van der Waals surface area contributed by atoms with Crippen LogP contribution in [0, 0.1) is 6.92 Å². The Morgan fingerprint density at radius 1 is 1.11 bits per heavy atom. The monoisotopic (exact) mass is 442 g/mol. The van der Waals surface area contributed by atoms with E-state index in [9.17, 15) is 14.4 Å². The van der Waals surface area contributed by atoms with Crippen LogP contribution in [0.5, 0.6) is 0 Å². The summed E-state index contributed by atoms with van der Waals surface area (Å²) in [5.74, 6) is -1.44. The quantitative estimate of drug-likeness (QED) is 0.646. The number of esters is 1. The van der Waals surface area contributed by atoms with E-state index in [0.29, 0.717) is 23.5 Å². The molecule has 0 bridgehead atoms. The molecule has 0 fully saturated rings. The highest BCUT2D eigenvalue weighted by Crippen LogP contribution is 2.35. The molecular weight excluding hydrogens is 423 g/mol.